The van der Waals surface area contributed by atoms with Crippen molar-refractivity contribution in [2.75, 3.05) is 5.73 Å². The van der Waals surface area contributed by atoms with Gasteiger partial charge >= 0.3 is 0 Å². The van der Waals surface area contributed by atoms with E-state index in [2.05, 4.69) is 15.9 Å². The van der Waals surface area contributed by atoms with Gasteiger partial charge < -0.3 is 10.3 Å². The van der Waals surface area contributed by atoms with Gasteiger partial charge in [-0.2, -0.15) is 0 Å². The monoisotopic (exact) mass is 296 g/mol. The van der Waals surface area contributed by atoms with E-state index < -0.39 is 5.82 Å². The van der Waals surface area contributed by atoms with Crippen LogP contribution in [-0.4, -0.2) is 4.57 Å². The minimum Gasteiger partial charge on any atom is -0.398 e. The minimum absolute atomic E-state index is 0.122. The van der Waals surface area contributed by atoms with Gasteiger partial charge in [0.25, 0.3) is 5.56 Å². The predicted octanol–water partition coefficient (Wildman–Crippen LogP) is 2.38. The molecule has 0 fully saturated rings. The molecule has 0 saturated heterocycles. The Hall–Kier alpha value is -1.62. The zero-order valence-electron chi connectivity index (χ0n) is 8.86. The van der Waals surface area contributed by atoms with Gasteiger partial charge in [0.1, 0.15) is 5.82 Å². The normalized spacial score (nSPS) is 10.5. The van der Waals surface area contributed by atoms with Crippen LogP contribution in [0.25, 0.3) is 0 Å². The van der Waals surface area contributed by atoms with Crippen molar-refractivity contribution in [2.24, 2.45) is 0 Å². The van der Waals surface area contributed by atoms with Crippen LogP contribution in [0.15, 0.2) is 45.8 Å². The van der Waals surface area contributed by atoms with Crippen LogP contribution in [0.2, 0.25) is 0 Å². The van der Waals surface area contributed by atoms with E-state index in [1.165, 1.54) is 22.8 Å². The van der Waals surface area contributed by atoms with Crippen LogP contribution in [0.3, 0.4) is 0 Å². The lowest BCUT2D eigenvalue weighted by Gasteiger charge is -2.09. The van der Waals surface area contributed by atoms with Crippen molar-refractivity contribution in [3.05, 3.63) is 62.7 Å². The summed E-state index contributed by atoms with van der Waals surface area (Å²) in [5.74, 6) is -0.406. The van der Waals surface area contributed by atoms with E-state index in [1.807, 2.05) is 0 Å². The summed E-state index contributed by atoms with van der Waals surface area (Å²) in [6.07, 6.45) is 1.61. The molecule has 0 spiro atoms. The van der Waals surface area contributed by atoms with Gasteiger partial charge in [0.05, 0.1) is 6.54 Å². The molecular formula is C12H10BrFN2O. The molecular weight excluding hydrogens is 287 g/mol. The van der Waals surface area contributed by atoms with E-state index in [-0.39, 0.29) is 12.1 Å². The summed E-state index contributed by atoms with van der Waals surface area (Å²) < 4.78 is 15.7. The zero-order valence-corrected chi connectivity index (χ0v) is 10.4. The summed E-state index contributed by atoms with van der Waals surface area (Å²) in [7, 11) is 0. The van der Waals surface area contributed by atoms with Gasteiger partial charge in [-0.25, -0.2) is 4.39 Å². The van der Waals surface area contributed by atoms with Crippen molar-refractivity contribution < 1.29 is 4.39 Å². The number of anilines is 1. The maximum Gasteiger partial charge on any atom is 0.250 e. The first-order valence-electron chi connectivity index (χ1n) is 4.97. The number of benzene rings is 1. The number of nitrogen functional groups attached to an aromatic ring is 1. The van der Waals surface area contributed by atoms with E-state index in [1.54, 1.807) is 18.3 Å². The quantitative estimate of drug-likeness (QED) is 0.865. The zero-order chi connectivity index (χ0) is 12.4. The fourth-order valence-corrected chi connectivity index (χ4v) is 1.92. The fourth-order valence-electron chi connectivity index (χ4n) is 1.54. The van der Waals surface area contributed by atoms with Crippen LogP contribution in [0.4, 0.5) is 10.1 Å². The maximum atomic E-state index is 13.6. The molecule has 1 aromatic carbocycles. The van der Waals surface area contributed by atoms with Crippen molar-refractivity contribution in [1.29, 1.82) is 0 Å². The second kappa shape index (κ2) is 4.71. The van der Waals surface area contributed by atoms with Gasteiger partial charge in [0.15, 0.2) is 0 Å². The Kier molecular flexibility index (Phi) is 3.28. The van der Waals surface area contributed by atoms with Gasteiger partial charge in [-0.05, 0) is 34.1 Å². The highest BCUT2D eigenvalue weighted by Gasteiger charge is 2.07. The molecule has 2 aromatic rings. The van der Waals surface area contributed by atoms with Gasteiger partial charge in [-0.3, -0.25) is 4.79 Å². The molecule has 0 bridgehead atoms. The molecule has 2 rings (SSSR count). The number of hydrogen-bond donors (Lipinski definition) is 1. The van der Waals surface area contributed by atoms with Crippen molar-refractivity contribution in [1.82, 2.24) is 4.57 Å². The molecule has 0 saturated carbocycles. The largest absolute Gasteiger partial charge is 0.398 e. The van der Waals surface area contributed by atoms with Gasteiger partial charge in [-0.15, -0.1) is 0 Å². The van der Waals surface area contributed by atoms with Crippen LogP contribution >= 0.6 is 15.9 Å². The number of rotatable bonds is 2. The van der Waals surface area contributed by atoms with Crippen molar-refractivity contribution in [3.63, 3.8) is 0 Å². The van der Waals surface area contributed by atoms with Crippen molar-refractivity contribution in [3.8, 4) is 0 Å². The van der Waals surface area contributed by atoms with Crippen LogP contribution in [0.1, 0.15) is 5.56 Å². The molecule has 0 amide bonds. The maximum absolute atomic E-state index is 13.6. The first kappa shape index (κ1) is 11.9. The molecule has 0 radical (unpaired) electrons. The number of halogens is 2. The number of nitrogens with two attached hydrogens (primary N) is 1. The first-order chi connectivity index (χ1) is 8.08. The number of nitrogens with zero attached hydrogens (tertiary/aromatic N) is 1. The third-order valence-corrected chi connectivity index (χ3v) is 2.90. The Bertz CT molecular complexity index is 589. The van der Waals surface area contributed by atoms with Crippen molar-refractivity contribution >= 4 is 21.6 Å². The third-order valence-electron chi connectivity index (χ3n) is 2.43. The van der Waals surface area contributed by atoms with E-state index in [0.29, 0.717) is 11.3 Å². The molecule has 1 heterocycles. The predicted molar refractivity (Wildman–Crippen MR) is 68.3 cm³/mol. The lowest BCUT2D eigenvalue weighted by molar-refractivity contribution is 0.597. The van der Waals surface area contributed by atoms with E-state index in [9.17, 15) is 9.18 Å². The van der Waals surface area contributed by atoms with Gasteiger partial charge in [0.2, 0.25) is 0 Å². The first-order valence-corrected chi connectivity index (χ1v) is 5.76. The summed E-state index contributed by atoms with van der Waals surface area (Å²) in [6.45, 7) is 0.122. The lowest BCUT2D eigenvalue weighted by atomic mass is 10.1. The Labute approximate surface area is 106 Å². The Morgan fingerprint density at radius 2 is 2.06 bits per heavy atom. The molecule has 5 heteroatoms. The van der Waals surface area contributed by atoms with Gasteiger partial charge in [-0.1, -0.05) is 6.07 Å². The SMILES string of the molecule is Nc1cccc(F)c1Cn1cc(Br)ccc1=O. The van der Waals surface area contributed by atoms with E-state index >= 15 is 0 Å². The number of aromatic nitrogens is 1. The summed E-state index contributed by atoms with van der Waals surface area (Å²) >= 11 is 3.26. The van der Waals surface area contributed by atoms with E-state index in [4.69, 9.17) is 5.73 Å². The topological polar surface area (TPSA) is 48.0 Å². The van der Waals surface area contributed by atoms with E-state index in [0.717, 1.165) is 4.47 Å². The standard InChI is InChI=1S/C12H10BrFN2O/c13-8-4-5-12(17)16(6-8)7-9-10(14)2-1-3-11(9)15/h1-6H,7,15H2. The van der Waals surface area contributed by atoms with Gasteiger partial charge in [0, 0.05) is 28.0 Å². The highest BCUT2D eigenvalue weighted by Crippen LogP contribution is 2.17. The summed E-state index contributed by atoms with van der Waals surface area (Å²) in [6, 6.07) is 7.54. The highest BCUT2D eigenvalue weighted by atomic mass is 79.9. The molecule has 17 heavy (non-hydrogen) atoms. The van der Waals surface area contributed by atoms with Crippen molar-refractivity contribution in [2.45, 2.75) is 6.54 Å². The average Bonchev–Trinajstić information content (AvgIpc) is 2.28. The van der Waals surface area contributed by atoms with Crippen LogP contribution in [-0.2, 0) is 6.54 Å². The third kappa shape index (κ3) is 2.55. The Balaban J connectivity index is 2.45. The second-order valence-corrected chi connectivity index (χ2v) is 4.54. The molecule has 1 aromatic heterocycles. The lowest BCUT2D eigenvalue weighted by Crippen LogP contribution is -2.20. The molecule has 88 valence electrons. The molecule has 0 atom stereocenters. The molecule has 2 N–H and O–H groups in total. The molecule has 0 aliphatic carbocycles. The average molecular weight is 297 g/mol. The smallest absolute Gasteiger partial charge is 0.250 e. The fraction of sp³-hybridized carbons (Fsp3) is 0.0833. The summed E-state index contributed by atoms with van der Waals surface area (Å²) in [4.78, 5) is 11.6. The highest BCUT2D eigenvalue weighted by molar-refractivity contribution is 9.10. The Morgan fingerprint density at radius 1 is 1.29 bits per heavy atom. The minimum atomic E-state index is -0.406. The summed E-state index contributed by atoms with van der Waals surface area (Å²) in [5.41, 5.74) is 6.16. The molecule has 0 aliphatic rings. The van der Waals surface area contributed by atoms with Crippen LogP contribution in [0, 0.1) is 5.82 Å². The number of hydrogen-bond acceptors (Lipinski definition) is 2. The molecule has 0 aliphatic heterocycles. The van der Waals surface area contributed by atoms with Crippen LogP contribution in [0.5, 0.6) is 0 Å². The second-order valence-electron chi connectivity index (χ2n) is 3.62. The van der Waals surface area contributed by atoms with Crippen LogP contribution < -0.4 is 11.3 Å². The molecule has 0 unspecified atom stereocenters. The molecule has 3 nitrogen and oxygen atoms in total. The summed E-state index contributed by atoms with van der Waals surface area (Å²) in [5, 5.41) is 0. The Morgan fingerprint density at radius 3 is 2.76 bits per heavy atom. The number of pyridine rings is 1.